The van der Waals surface area contributed by atoms with Crippen molar-refractivity contribution in [2.24, 2.45) is 0 Å². The van der Waals surface area contributed by atoms with Crippen molar-refractivity contribution in [2.75, 3.05) is 0 Å². The number of aryl methyl sites for hydroxylation is 1. The molecule has 0 fully saturated rings. The molecule has 2 aromatic heterocycles. The van der Waals surface area contributed by atoms with E-state index in [-0.39, 0.29) is 26.6 Å². The van der Waals surface area contributed by atoms with Crippen molar-refractivity contribution in [3.8, 4) is 11.4 Å². The van der Waals surface area contributed by atoms with Crippen LogP contribution in [0.25, 0.3) is 11.4 Å². The van der Waals surface area contributed by atoms with Crippen molar-refractivity contribution in [1.82, 2.24) is 18.9 Å². The lowest BCUT2D eigenvalue weighted by atomic mass is 10.2. The number of hydrogen-bond donors (Lipinski definition) is 0. The highest BCUT2D eigenvalue weighted by Gasteiger charge is 2.19. The Morgan fingerprint density at radius 2 is 1.78 bits per heavy atom. The monoisotopic (exact) mass is 368 g/mol. The third-order valence-corrected chi connectivity index (χ3v) is 5.20. The van der Waals surface area contributed by atoms with Crippen LogP contribution in [-0.2, 0) is 10.0 Å². The van der Waals surface area contributed by atoms with E-state index in [4.69, 9.17) is 23.2 Å². The lowest BCUT2D eigenvalue weighted by Gasteiger charge is -2.05. The molecule has 0 aliphatic carbocycles. The van der Waals surface area contributed by atoms with Crippen molar-refractivity contribution in [3.63, 3.8) is 0 Å². The highest BCUT2D eigenvalue weighted by Crippen LogP contribution is 2.26. The average Bonchev–Trinajstić information content (AvgIpc) is 3.00. The molecular weight excluding hydrogens is 359 g/mol. The highest BCUT2D eigenvalue weighted by atomic mass is 35.5. The summed E-state index contributed by atoms with van der Waals surface area (Å²) in [5.74, 6) is 0. The smallest absolute Gasteiger partial charge is 0.234 e. The van der Waals surface area contributed by atoms with Gasteiger partial charge in [0.05, 0.1) is 22.3 Å². The molecule has 0 bridgehead atoms. The maximum Gasteiger partial charge on any atom is 0.268 e. The van der Waals surface area contributed by atoms with E-state index in [9.17, 15) is 8.42 Å². The van der Waals surface area contributed by atoms with E-state index in [1.54, 1.807) is 24.3 Å². The normalized spacial score (nSPS) is 11.6. The van der Waals surface area contributed by atoms with Gasteiger partial charge >= 0.3 is 0 Å². The molecule has 0 radical (unpaired) electrons. The summed E-state index contributed by atoms with van der Waals surface area (Å²) in [4.78, 5) is 11.9. The molecule has 1 aromatic carbocycles. The van der Waals surface area contributed by atoms with Crippen molar-refractivity contribution < 1.29 is 8.42 Å². The van der Waals surface area contributed by atoms with E-state index in [0.29, 0.717) is 0 Å². The second kappa shape index (κ2) is 5.92. The summed E-state index contributed by atoms with van der Waals surface area (Å²) in [5, 5.41) is 0.229. The van der Waals surface area contributed by atoms with Gasteiger partial charge in [0.1, 0.15) is 17.7 Å². The van der Waals surface area contributed by atoms with Crippen molar-refractivity contribution >= 4 is 33.2 Å². The minimum absolute atomic E-state index is 0.000316. The molecule has 0 unspecified atom stereocenters. The predicted molar refractivity (Wildman–Crippen MR) is 87.0 cm³/mol. The van der Waals surface area contributed by atoms with Gasteiger partial charge in [0.2, 0.25) is 5.28 Å². The minimum atomic E-state index is -3.73. The quantitative estimate of drug-likeness (QED) is 0.663. The van der Waals surface area contributed by atoms with Gasteiger partial charge in [-0.15, -0.1) is 0 Å². The maximum atomic E-state index is 12.6. The van der Waals surface area contributed by atoms with Crippen LogP contribution in [-0.4, -0.2) is 27.3 Å². The van der Waals surface area contributed by atoms with Gasteiger partial charge in [0.15, 0.2) is 0 Å². The molecule has 3 rings (SSSR count). The topological polar surface area (TPSA) is 77.7 Å². The molecule has 0 N–H and O–H groups in total. The Morgan fingerprint density at radius 1 is 1.09 bits per heavy atom. The summed E-state index contributed by atoms with van der Waals surface area (Å²) in [7, 11) is -3.73. The zero-order valence-corrected chi connectivity index (χ0v) is 14.1. The molecule has 0 atom stereocenters. The summed E-state index contributed by atoms with van der Waals surface area (Å²) >= 11 is 11.7. The molecule has 3 aromatic rings. The van der Waals surface area contributed by atoms with Gasteiger partial charge in [0, 0.05) is 0 Å². The molecule has 0 spiro atoms. The van der Waals surface area contributed by atoms with Gasteiger partial charge in [-0.3, -0.25) is 0 Å². The number of rotatable bonds is 3. The number of imidazole rings is 1. The SMILES string of the molecule is Cc1ccc(S(=O)(=O)n2cnc(-c3nc(Cl)ncc3Cl)c2)cc1. The fourth-order valence-corrected chi connectivity index (χ4v) is 3.37. The molecule has 9 heteroatoms. The first-order valence-corrected chi connectivity index (χ1v) is 8.62. The summed E-state index contributed by atoms with van der Waals surface area (Å²) in [6.07, 6.45) is 3.86. The lowest BCUT2D eigenvalue weighted by molar-refractivity contribution is 0.587. The Kier molecular flexibility index (Phi) is 4.09. The van der Waals surface area contributed by atoms with Crippen LogP contribution < -0.4 is 0 Å². The number of benzene rings is 1. The summed E-state index contributed by atoms with van der Waals surface area (Å²) < 4.78 is 26.2. The van der Waals surface area contributed by atoms with Crippen LogP contribution >= 0.6 is 23.2 Å². The zero-order chi connectivity index (χ0) is 16.6. The molecule has 0 saturated heterocycles. The molecule has 23 heavy (non-hydrogen) atoms. The number of halogens is 2. The van der Waals surface area contributed by atoms with E-state index >= 15 is 0 Å². The predicted octanol–water partition coefficient (Wildman–Crippen LogP) is 3.19. The van der Waals surface area contributed by atoms with Crippen LogP contribution in [0.5, 0.6) is 0 Å². The van der Waals surface area contributed by atoms with Gasteiger partial charge in [-0.2, -0.15) is 0 Å². The maximum absolute atomic E-state index is 12.6. The Hall–Kier alpha value is -1.96. The van der Waals surface area contributed by atoms with Crippen LogP contribution in [0.4, 0.5) is 0 Å². The van der Waals surface area contributed by atoms with Crippen LogP contribution in [0.15, 0.2) is 47.9 Å². The van der Waals surface area contributed by atoms with Crippen LogP contribution in [0.2, 0.25) is 10.3 Å². The third-order valence-electron chi connectivity index (χ3n) is 3.11. The standard InChI is InChI=1S/C14H10Cl2N4O2S/c1-9-2-4-10(5-3-9)23(21,22)20-7-12(18-8-20)13-11(15)6-17-14(16)19-13/h2-8H,1H3. The van der Waals surface area contributed by atoms with Gasteiger partial charge in [-0.05, 0) is 30.7 Å². The van der Waals surface area contributed by atoms with Crippen LogP contribution in [0.3, 0.4) is 0 Å². The van der Waals surface area contributed by atoms with E-state index in [2.05, 4.69) is 15.0 Å². The average molecular weight is 369 g/mol. The summed E-state index contributed by atoms with van der Waals surface area (Å²) in [5.41, 5.74) is 1.53. The Morgan fingerprint density at radius 3 is 2.48 bits per heavy atom. The molecule has 118 valence electrons. The Labute approximate surface area is 142 Å². The Bertz CT molecular complexity index is 969. The van der Waals surface area contributed by atoms with Crippen molar-refractivity contribution in [1.29, 1.82) is 0 Å². The third kappa shape index (κ3) is 3.08. The fourth-order valence-electron chi connectivity index (χ4n) is 1.92. The first-order valence-electron chi connectivity index (χ1n) is 6.42. The first-order chi connectivity index (χ1) is 10.9. The van der Waals surface area contributed by atoms with Gasteiger partial charge in [-0.1, -0.05) is 29.3 Å². The Balaban J connectivity index is 2.05. The lowest BCUT2D eigenvalue weighted by Crippen LogP contribution is -2.10. The van der Waals surface area contributed by atoms with Crippen LogP contribution in [0, 0.1) is 6.92 Å². The fraction of sp³-hybridized carbons (Fsp3) is 0.0714. The number of nitrogens with zero attached hydrogens (tertiary/aromatic N) is 4. The number of hydrogen-bond acceptors (Lipinski definition) is 5. The van der Waals surface area contributed by atoms with Crippen molar-refractivity contribution in [3.05, 3.63) is 58.9 Å². The molecule has 0 aliphatic heterocycles. The van der Waals surface area contributed by atoms with E-state index in [1.165, 1.54) is 18.7 Å². The molecule has 6 nitrogen and oxygen atoms in total. The largest absolute Gasteiger partial charge is 0.268 e. The molecule has 0 amide bonds. The van der Waals surface area contributed by atoms with Crippen molar-refractivity contribution in [2.45, 2.75) is 11.8 Å². The molecule has 2 heterocycles. The van der Waals surface area contributed by atoms with E-state index < -0.39 is 10.0 Å². The van der Waals surface area contributed by atoms with Gasteiger partial charge in [0.25, 0.3) is 10.0 Å². The van der Waals surface area contributed by atoms with E-state index in [0.717, 1.165) is 9.54 Å². The van der Waals surface area contributed by atoms with E-state index in [1.807, 2.05) is 6.92 Å². The highest BCUT2D eigenvalue weighted by molar-refractivity contribution is 7.90. The number of aromatic nitrogens is 4. The second-order valence-corrected chi connectivity index (χ2v) is 7.33. The molecular formula is C14H10Cl2N4O2S. The van der Waals surface area contributed by atoms with Gasteiger partial charge < -0.3 is 0 Å². The van der Waals surface area contributed by atoms with Gasteiger partial charge in [-0.25, -0.2) is 27.3 Å². The zero-order valence-electron chi connectivity index (χ0n) is 11.8. The molecule has 0 saturated carbocycles. The minimum Gasteiger partial charge on any atom is -0.234 e. The summed E-state index contributed by atoms with van der Waals surface area (Å²) in [6, 6.07) is 6.54. The first kappa shape index (κ1) is 15.9. The molecule has 0 aliphatic rings. The summed E-state index contributed by atoms with van der Waals surface area (Å²) in [6.45, 7) is 1.88. The van der Waals surface area contributed by atoms with Crippen LogP contribution in [0.1, 0.15) is 5.56 Å². The second-order valence-electron chi connectivity index (χ2n) is 4.74.